The van der Waals surface area contributed by atoms with Gasteiger partial charge in [0.2, 0.25) is 0 Å². The van der Waals surface area contributed by atoms with Crippen LogP contribution in [0, 0.1) is 5.82 Å². The minimum absolute atomic E-state index is 0.142. The number of nitrogens with two attached hydrogens (primary N) is 1. The molecule has 0 aliphatic heterocycles. The number of nitrogens with zero attached hydrogens (tertiary/aromatic N) is 1. The molecule has 0 radical (unpaired) electrons. The maximum absolute atomic E-state index is 13.3. The minimum Gasteiger partial charge on any atom is -0.437 e. The number of rotatable bonds is 1. The summed E-state index contributed by atoms with van der Waals surface area (Å²) in [4.78, 5) is 4.15. The number of anilines is 1. The van der Waals surface area contributed by atoms with Crippen molar-refractivity contribution in [2.45, 2.75) is 19.8 Å². The Kier molecular flexibility index (Phi) is 1.91. The van der Waals surface area contributed by atoms with Crippen LogP contribution < -0.4 is 5.73 Å². The summed E-state index contributed by atoms with van der Waals surface area (Å²) in [5.74, 6) is 0.215. The predicted molar refractivity (Wildman–Crippen MR) is 52.5 cm³/mol. The van der Waals surface area contributed by atoms with Crippen LogP contribution in [0.4, 0.5) is 10.1 Å². The Bertz CT molecular complexity index is 476. The largest absolute Gasteiger partial charge is 0.437 e. The Labute approximate surface area is 80.7 Å². The summed E-state index contributed by atoms with van der Waals surface area (Å²) in [7, 11) is 0. The summed E-state index contributed by atoms with van der Waals surface area (Å²) < 4.78 is 18.6. The van der Waals surface area contributed by atoms with E-state index in [1.54, 1.807) is 6.07 Å². The van der Waals surface area contributed by atoms with Crippen LogP contribution in [0.1, 0.15) is 25.7 Å². The zero-order valence-electron chi connectivity index (χ0n) is 8.04. The van der Waals surface area contributed by atoms with E-state index in [-0.39, 0.29) is 11.5 Å². The second kappa shape index (κ2) is 2.97. The zero-order valence-corrected chi connectivity index (χ0v) is 8.04. The van der Waals surface area contributed by atoms with Gasteiger partial charge in [0, 0.05) is 17.7 Å². The van der Waals surface area contributed by atoms with E-state index in [1.165, 1.54) is 6.07 Å². The molecule has 0 aliphatic rings. The van der Waals surface area contributed by atoms with Crippen LogP contribution in [-0.4, -0.2) is 4.98 Å². The van der Waals surface area contributed by atoms with Gasteiger partial charge in [0.15, 0.2) is 17.3 Å². The van der Waals surface area contributed by atoms with Crippen LogP contribution in [0.2, 0.25) is 0 Å². The standard InChI is InChI=1S/C10H11FN2O/c1-5(2)10-13-8-4-6(12)3-7(11)9(8)14-10/h3-5H,12H2,1-2H3. The van der Waals surface area contributed by atoms with Gasteiger partial charge in [-0.15, -0.1) is 0 Å². The van der Waals surface area contributed by atoms with Crippen molar-refractivity contribution < 1.29 is 8.81 Å². The van der Waals surface area contributed by atoms with Crippen molar-refractivity contribution in [1.82, 2.24) is 4.98 Å². The number of halogens is 1. The van der Waals surface area contributed by atoms with Gasteiger partial charge in [0.1, 0.15) is 5.52 Å². The first-order chi connectivity index (χ1) is 6.58. The fraction of sp³-hybridized carbons (Fsp3) is 0.300. The first-order valence-corrected chi connectivity index (χ1v) is 4.43. The molecule has 14 heavy (non-hydrogen) atoms. The van der Waals surface area contributed by atoms with Crippen molar-refractivity contribution in [3.8, 4) is 0 Å². The lowest BCUT2D eigenvalue weighted by molar-refractivity contribution is 0.484. The van der Waals surface area contributed by atoms with E-state index in [4.69, 9.17) is 10.2 Å². The number of nitrogen functional groups attached to an aromatic ring is 1. The number of hydrogen-bond donors (Lipinski definition) is 1. The molecule has 0 fully saturated rings. The van der Waals surface area contributed by atoms with E-state index >= 15 is 0 Å². The van der Waals surface area contributed by atoms with E-state index in [2.05, 4.69) is 4.98 Å². The number of oxazole rings is 1. The highest BCUT2D eigenvalue weighted by Crippen LogP contribution is 2.25. The van der Waals surface area contributed by atoms with Crippen LogP contribution in [0.15, 0.2) is 16.5 Å². The lowest BCUT2D eigenvalue weighted by Gasteiger charge is -1.94. The molecule has 0 bridgehead atoms. The maximum Gasteiger partial charge on any atom is 0.198 e. The van der Waals surface area contributed by atoms with Gasteiger partial charge in [-0.1, -0.05) is 13.8 Å². The van der Waals surface area contributed by atoms with E-state index < -0.39 is 5.82 Å². The van der Waals surface area contributed by atoms with Gasteiger partial charge in [-0.25, -0.2) is 9.37 Å². The molecule has 2 rings (SSSR count). The van der Waals surface area contributed by atoms with E-state index in [1.807, 2.05) is 13.8 Å². The van der Waals surface area contributed by atoms with Crippen molar-refractivity contribution in [2.75, 3.05) is 5.73 Å². The van der Waals surface area contributed by atoms with Crippen molar-refractivity contribution >= 4 is 16.8 Å². The van der Waals surface area contributed by atoms with Crippen molar-refractivity contribution in [1.29, 1.82) is 0 Å². The first-order valence-electron chi connectivity index (χ1n) is 4.43. The Morgan fingerprint density at radius 1 is 1.43 bits per heavy atom. The molecule has 0 saturated heterocycles. The van der Waals surface area contributed by atoms with Crippen LogP contribution in [0.25, 0.3) is 11.1 Å². The molecule has 4 heteroatoms. The molecule has 74 valence electrons. The molecule has 0 unspecified atom stereocenters. The number of aromatic nitrogens is 1. The molecule has 2 aromatic rings. The van der Waals surface area contributed by atoms with Gasteiger partial charge in [0.25, 0.3) is 0 Å². The number of benzene rings is 1. The van der Waals surface area contributed by atoms with E-state index in [0.29, 0.717) is 17.1 Å². The van der Waals surface area contributed by atoms with Gasteiger partial charge in [0.05, 0.1) is 0 Å². The molecule has 1 heterocycles. The van der Waals surface area contributed by atoms with Crippen LogP contribution in [-0.2, 0) is 0 Å². The third kappa shape index (κ3) is 1.32. The highest BCUT2D eigenvalue weighted by atomic mass is 19.1. The molecule has 2 N–H and O–H groups in total. The molecular formula is C10H11FN2O. The Balaban J connectivity index is 2.70. The molecule has 1 aromatic carbocycles. The van der Waals surface area contributed by atoms with Crippen molar-refractivity contribution in [2.24, 2.45) is 0 Å². The summed E-state index contributed by atoms with van der Waals surface area (Å²) in [6.45, 7) is 3.87. The maximum atomic E-state index is 13.3. The smallest absolute Gasteiger partial charge is 0.198 e. The van der Waals surface area contributed by atoms with Crippen LogP contribution in [0.5, 0.6) is 0 Å². The van der Waals surface area contributed by atoms with Crippen molar-refractivity contribution in [3.63, 3.8) is 0 Å². The summed E-state index contributed by atoms with van der Waals surface area (Å²) in [6, 6.07) is 2.84. The molecule has 0 aliphatic carbocycles. The predicted octanol–water partition coefficient (Wildman–Crippen LogP) is 2.67. The molecular weight excluding hydrogens is 183 g/mol. The van der Waals surface area contributed by atoms with Crippen LogP contribution >= 0.6 is 0 Å². The highest BCUT2D eigenvalue weighted by Gasteiger charge is 2.13. The highest BCUT2D eigenvalue weighted by molar-refractivity contribution is 5.77. The van der Waals surface area contributed by atoms with Gasteiger partial charge >= 0.3 is 0 Å². The summed E-state index contributed by atoms with van der Waals surface area (Å²) in [5.41, 5.74) is 6.51. The summed E-state index contributed by atoms with van der Waals surface area (Å²) >= 11 is 0. The SMILES string of the molecule is CC(C)c1nc2cc(N)cc(F)c2o1. The second-order valence-electron chi connectivity index (χ2n) is 3.56. The number of hydrogen-bond acceptors (Lipinski definition) is 3. The summed E-state index contributed by atoms with van der Waals surface area (Å²) in [5, 5.41) is 0. The fourth-order valence-corrected chi connectivity index (χ4v) is 1.28. The van der Waals surface area contributed by atoms with Gasteiger partial charge in [-0.2, -0.15) is 0 Å². The Hall–Kier alpha value is -1.58. The Morgan fingerprint density at radius 3 is 2.79 bits per heavy atom. The van der Waals surface area contributed by atoms with Gasteiger partial charge in [-0.3, -0.25) is 0 Å². The Morgan fingerprint density at radius 2 is 2.14 bits per heavy atom. The van der Waals surface area contributed by atoms with E-state index in [0.717, 1.165) is 0 Å². The molecule has 0 saturated carbocycles. The van der Waals surface area contributed by atoms with Crippen molar-refractivity contribution in [3.05, 3.63) is 23.8 Å². The average molecular weight is 194 g/mol. The van der Waals surface area contributed by atoms with Crippen LogP contribution in [0.3, 0.4) is 0 Å². The monoisotopic (exact) mass is 194 g/mol. The molecule has 0 spiro atoms. The first kappa shape index (κ1) is 8.99. The second-order valence-corrected chi connectivity index (χ2v) is 3.56. The summed E-state index contributed by atoms with van der Waals surface area (Å²) in [6.07, 6.45) is 0. The minimum atomic E-state index is -0.459. The lowest BCUT2D eigenvalue weighted by Crippen LogP contribution is -1.86. The lowest BCUT2D eigenvalue weighted by atomic mass is 10.2. The van der Waals surface area contributed by atoms with E-state index in [9.17, 15) is 4.39 Å². The molecule has 0 amide bonds. The normalized spacial score (nSPS) is 11.4. The molecule has 3 nitrogen and oxygen atoms in total. The molecule has 0 atom stereocenters. The average Bonchev–Trinajstić information content (AvgIpc) is 2.47. The molecule has 1 aromatic heterocycles. The third-order valence-electron chi connectivity index (χ3n) is 1.98. The quantitative estimate of drug-likeness (QED) is 0.710. The number of fused-ring (bicyclic) bond motifs is 1. The topological polar surface area (TPSA) is 52.0 Å². The fourth-order valence-electron chi connectivity index (χ4n) is 1.28. The third-order valence-corrected chi connectivity index (χ3v) is 1.98. The van der Waals surface area contributed by atoms with Gasteiger partial charge in [-0.05, 0) is 6.07 Å². The zero-order chi connectivity index (χ0) is 10.3. The van der Waals surface area contributed by atoms with Gasteiger partial charge < -0.3 is 10.2 Å².